The number of rotatable bonds is 6. The summed E-state index contributed by atoms with van der Waals surface area (Å²) >= 11 is 0. The van der Waals surface area contributed by atoms with Gasteiger partial charge in [0.15, 0.2) is 0 Å². The summed E-state index contributed by atoms with van der Waals surface area (Å²) in [5.74, 6) is -1.61. The minimum atomic E-state index is -3.26. The second kappa shape index (κ2) is 7.73. The van der Waals surface area contributed by atoms with E-state index in [0.717, 1.165) is 11.1 Å². The third-order valence-electron chi connectivity index (χ3n) is 3.34. The van der Waals surface area contributed by atoms with Crippen molar-refractivity contribution >= 4 is 5.91 Å². The zero-order valence-electron chi connectivity index (χ0n) is 12.0. The van der Waals surface area contributed by atoms with Crippen LogP contribution in [-0.4, -0.2) is 35.1 Å². The van der Waals surface area contributed by atoms with Gasteiger partial charge in [-0.15, -0.1) is 0 Å². The molecule has 2 rings (SSSR count). The number of aliphatic hydroxyl groups is 1. The van der Waals surface area contributed by atoms with Crippen LogP contribution in [0.15, 0.2) is 48.8 Å². The van der Waals surface area contributed by atoms with Crippen molar-refractivity contribution in [1.82, 2.24) is 10.3 Å². The summed E-state index contributed by atoms with van der Waals surface area (Å²) in [6, 6.07) is 8.70. The molecule has 0 aliphatic carbocycles. The molecule has 2 aromatic rings. The van der Waals surface area contributed by atoms with E-state index >= 15 is 0 Å². The summed E-state index contributed by atoms with van der Waals surface area (Å²) in [4.78, 5) is 14.9. The molecular weight excluding hydrogens is 309 g/mol. The fourth-order valence-corrected chi connectivity index (χ4v) is 2.10. The predicted molar refractivity (Wildman–Crippen MR) is 78.5 cm³/mol. The number of nitrogens with zero attached hydrogens (tertiary/aromatic N) is 1. The average Bonchev–Trinajstić information content (AvgIpc) is 2.59. The first-order valence-electron chi connectivity index (χ1n) is 6.86. The van der Waals surface area contributed by atoms with Crippen LogP contribution in [-0.2, 0) is 4.79 Å². The van der Waals surface area contributed by atoms with Gasteiger partial charge in [0.1, 0.15) is 12.8 Å². The third kappa shape index (κ3) is 4.29. The maximum absolute atomic E-state index is 12.9. The molecule has 23 heavy (non-hydrogen) atoms. The number of alkyl halides is 3. The first kappa shape index (κ1) is 17.0. The Morgan fingerprint density at radius 1 is 1.09 bits per heavy atom. The summed E-state index contributed by atoms with van der Waals surface area (Å²) in [6.45, 7) is -1.16. The Hall–Kier alpha value is -2.41. The normalized spacial score (nSPS) is 13.6. The van der Waals surface area contributed by atoms with E-state index in [0.29, 0.717) is 5.56 Å². The van der Waals surface area contributed by atoms with Gasteiger partial charge in [-0.2, -0.15) is 8.78 Å². The van der Waals surface area contributed by atoms with Crippen molar-refractivity contribution < 1.29 is 23.1 Å². The van der Waals surface area contributed by atoms with Gasteiger partial charge in [0, 0.05) is 12.4 Å². The molecule has 0 bridgehead atoms. The summed E-state index contributed by atoms with van der Waals surface area (Å²) in [5.41, 5.74) is 2.09. The van der Waals surface area contributed by atoms with Crippen molar-refractivity contribution in [1.29, 1.82) is 0 Å². The molecule has 0 saturated carbocycles. The highest BCUT2D eigenvalue weighted by Gasteiger charge is 2.26. The van der Waals surface area contributed by atoms with Crippen LogP contribution in [0.3, 0.4) is 0 Å². The SMILES string of the molecule is O=C(N[C@H](CF)[C@H](O)c1ccc(-c2ccncc2)cc1)C(F)F. The van der Waals surface area contributed by atoms with Crippen molar-refractivity contribution in [2.75, 3.05) is 6.67 Å². The van der Waals surface area contributed by atoms with E-state index in [2.05, 4.69) is 4.98 Å². The number of amides is 1. The Labute approximate surface area is 131 Å². The van der Waals surface area contributed by atoms with Crippen LogP contribution in [0.4, 0.5) is 13.2 Å². The quantitative estimate of drug-likeness (QED) is 0.858. The fraction of sp³-hybridized carbons (Fsp3) is 0.250. The number of benzene rings is 1. The van der Waals surface area contributed by atoms with E-state index in [1.807, 2.05) is 0 Å². The number of carbonyl (C=O) groups excluding carboxylic acids is 1. The smallest absolute Gasteiger partial charge is 0.315 e. The second-order valence-electron chi connectivity index (χ2n) is 4.87. The number of aliphatic hydroxyl groups excluding tert-OH is 1. The maximum Gasteiger partial charge on any atom is 0.315 e. The summed E-state index contributed by atoms with van der Waals surface area (Å²) in [7, 11) is 0. The maximum atomic E-state index is 12.9. The first-order chi connectivity index (χ1) is 11.0. The minimum Gasteiger partial charge on any atom is -0.386 e. The van der Waals surface area contributed by atoms with Crippen molar-refractivity contribution in [3.8, 4) is 11.1 Å². The molecule has 0 fully saturated rings. The summed E-state index contributed by atoms with van der Waals surface area (Å²) in [5, 5.41) is 11.9. The zero-order chi connectivity index (χ0) is 16.8. The Kier molecular flexibility index (Phi) is 5.70. The van der Waals surface area contributed by atoms with Gasteiger partial charge in [0.25, 0.3) is 5.91 Å². The molecule has 122 valence electrons. The largest absolute Gasteiger partial charge is 0.386 e. The van der Waals surface area contributed by atoms with Crippen LogP contribution in [0.25, 0.3) is 11.1 Å². The number of hydrogen-bond acceptors (Lipinski definition) is 3. The minimum absolute atomic E-state index is 0.319. The van der Waals surface area contributed by atoms with Crippen molar-refractivity contribution in [3.63, 3.8) is 0 Å². The second-order valence-corrected chi connectivity index (χ2v) is 4.87. The molecular formula is C16H15F3N2O2. The van der Waals surface area contributed by atoms with E-state index in [1.165, 1.54) is 0 Å². The summed E-state index contributed by atoms with van der Waals surface area (Å²) < 4.78 is 37.4. The molecule has 2 atom stereocenters. The lowest BCUT2D eigenvalue weighted by Gasteiger charge is -2.22. The zero-order valence-corrected chi connectivity index (χ0v) is 12.0. The van der Waals surface area contributed by atoms with Crippen LogP contribution in [0.5, 0.6) is 0 Å². The molecule has 0 unspecified atom stereocenters. The van der Waals surface area contributed by atoms with Gasteiger partial charge in [-0.3, -0.25) is 9.78 Å². The van der Waals surface area contributed by atoms with Crippen molar-refractivity contribution in [2.45, 2.75) is 18.6 Å². The van der Waals surface area contributed by atoms with Gasteiger partial charge < -0.3 is 10.4 Å². The van der Waals surface area contributed by atoms with E-state index in [1.54, 1.807) is 54.1 Å². The molecule has 0 spiro atoms. The average molecular weight is 324 g/mol. The summed E-state index contributed by atoms with van der Waals surface area (Å²) in [6.07, 6.45) is -1.41. The van der Waals surface area contributed by atoms with Crippen LogP contribution in [0.1, 0.15) is 11.7 Å². The van der Waals surface area contributed by atoms with Crippen LogP contribution in [0, 0.1) is 0 Å². The van der Waals surface area contributed by atoms with Crippen molar-refractivity contribution in [2.24, 2.45) is 0 Å². The van der Waals surface area contributed by atoms with Crippen LogP contribution < -0.4 is 5.32 Å². The molecule has 1 heterocycles. The number of aromatic nitrogens is 1. The Bertz CT molecular complexity index is 636. The van der Waals surface area contributed by atoms with Crippen molar-refractivity contribution in [3.05, 3.63) is 54.4 Å². The lowest BCUT2D eigenvalue weighted by atomic mass is 9.99. The van der Waals surface area contributed by atoms with E-state index < -0.39 is 31.2 Å². The molecule has 1 aromatic heterocycles. The first-order valence-corrected chi connectivity index (χ1v) is 6.86. The van der Waals surface area contributed by atoms with E-state index in [4.69, 9.17) is 0 Å². The number of hydrogen-bond donors (Lipinski definition) is 2. The lowest BCUT2D eigenvalue weighted by molar-refractivity contribution is -0.133. The fourth-order valence-electron chi connectivity index (χ4n) is 2.10. The van der Waals surface area contributed by atoms with E-state index in [-0.39, 0.29) is 0 Å². The highest BCUT2D eigenvalue weighted by Crippen LogP contribution is 2.23. The monoisotopic (exact) mass is 324 g/mol. The molecule has 1 amide bonds. The Morgan fingerprint density at radius 3 is 2.17 bits per heavy atom. The molecule has 2 N–H and O–H groups in total. The van der Waals surface area contributed by atoms with Gasteiger partial charge in [-0.25, -0.2) is 4.39 Å². The van der Waals surface area contributed by atoms with Gasteiger partial charge in [-0.1, -0.05) is 24.3 Å². The Morgan fingerprint density at radius 2 is 1.65 bits per heavy atom. The van der Waals surface area contributed by atoms with Gasteiger partial charge in [0.05, 0.1) is 6.04 Å². The number of nitrogens with one attached hydrogen (secondary N) is 1. The number of carbonyl (C=O) groups is 1. The van der Waals surface area contributed by atoms with Gasteiger partial charge in [0.2, 0.25) is 0 Å². The lowest BCUT2D eigenvalue weighted by Crippen LogP contribution is -2.43. The topological polar surface area (TPSA) is 62.2 Å². The van der Waals surface area contributed by atoms with Crippen LogP contribution in [0.2, 0.25) is 0 Å². The molecule has 0 radical (unpaired) electrons. The van der Waals surface area contributed by atoms with E-state index in [9.17, 15) is 23.1 Å². The molecule has 0 saturated heterocycles. The number of pyridine rings is 1. The molecule has 7 heteroatoms. The number of halogens is 3. The molecule has 4 nitrogen and oxygen atoms in total. The Balaban J connectivity index is 2.12. The van der Waals surface area contributed by atoms with Gasteiger partial charge >= 0.3 is 6.43 Å². The highest BCUT2D eigenvalue weighted by molar-refractivity contribution is 5.79. The highest BCUT2D eigenvalue weighted by atomic mass is 19.3. The standard InChI is InChI=1S/C16H15F3N2O2/c17-9-13(21-16(23)15(18)19)14(22)12-3-1-10(2-4-12)11-5-7-20-8-6-11/h1-8,13-15,22H,9H2,(H,21,23)/t13-,14-/m1/s1. The third-order valence-corrected chi connectivity index (χ3v) is 3.34. The molecule has 0 aliphatic heterocycles. The van der Waals surface area contributed by atoms with Crippen LogP contribution >= 0.6 is 0 Å². The molecule has 0 aliphatic rings. The predicted octanol–water partition coefficient (Wildman–Crippen LogP) is 2.50. The molecule has 1 aromatic carbocycles. The van der Waals surface area contributed by atoms with Gasteiger partial charge in [-0.05, 0) is 28.8 Å².